The number of hydrogen-bond acceptors (Lipinski definition) is 6. The van der Waals surface area contributed by atoms with Crippen LogP contribution in [0.5, 0.6) is 5.75 Å². The summed E-state index contributed by atoms with van der Waals surface area (Å²) in [7, 11) is 3.74. The molecule has 0 aliphatic carbocycles. The fourth-order valence-corrected chi connectivity index (χ4v) is 3.70. The van der Waals surface area contributed by atoms with Gasteiger partial charge in [-0.05, 0) is 31.3 Å². The number of nitrogens with one attached hydrogen (secondary N) is 2. The Balaban J connectivity index is 1.51. The van der Waals surface area contributed by atoms with Crippen molar-refractivity contribution >= 4 is 33.3 Å². The summed E-state index contributed by atoms with van der Waals surface area (Å²) in [6, 6.07) is 7.79. The van der Waals surface area contributed by atoms with Crippen molar-refractivity contribution in [2.24, 2.45) is 0 Å². The van der Waals surface area contributed by atoms with E-state index in [-0.39, 0.29) is 5.56 Å². The van der Waals surface area contributed by atoms with Gasteiger partial charge in [-0.2, -0.15) is 0 Å². The van der Waals surface area contributed by atoms with Gasteiger partial charge in [-0.3, -0.25) is 4.79 Å². The largest absolute Gasteiger partial charge is 0.492 e. The summed E-state index contributed by atoms with van der Waals surface area (Å²) in [4.78, 5) is 25.2. The number of ether oxygens (including phenoxy) is 2. The van der Waals surface area contributed by atoms with Gasteiger partial charge in [0.15, 0.2) is 5.69 Å². The molecule has 3 heterocycles. The molecule has 0 atom stereocenters. The maximum Gasteiger partial charge on any atom is 0.276 e. The van der Waals surface area contributed by atoms with Gasteiger partial charge < -0.3 is 24.3 Å². The van der Waals surface area contributed by atoms with Crippen molar-refractivity contribution in [3.63, 3.8) is 0 Å². The highest BCUT2D eigenvalue weighted by Crippen LogP contribution is 2.26. The van der Waals surface area contributed by atoms with Gasteiger partial charge in [0.2, 0.25) is 0 Å². The fraction of sp³-hybridized carbons (Fsp3) is 0.300. The van der Waals surface area contributed by atoms with Gasteiger partial charge in [0.05, 0.1) is 23.3 Å². The SMILES string of the molecule is COCCN(C)CCOc1ccc2[nH]c(-c3nc4cscc4[nH]c3=O)cc2c1. The molecular formula is C20H22N4O3S. The van der Waals surface area contributed by atoms with E-state index in [1.54, 1.807) is 7.11 Å². The van der Waals surface area contributed by atoms with Crippen LogP contribution in [0.1, 0.15) is 0 Å². The molecule has 4 rings (SSSR count). The van der Waals surface area contributed by atoms with Gasteiger partial charge in [-0.25, -0.2) is 4.98 Å². The van der Waals surface area contributed by atoms with Gasteiger partial charge >= 0.3 is 0 Å². The van der Waals surface area contributed by atoms with Crippen LogP contribution in [-0.2, 0) is 4.74 Å². The lowest BCUT2D eigenvalue weighted by Crippen LogP contribution is -2.27. The molecule has 0 radical (unpaired) electrons. The van der Waals surface area contributed by atoms with Crippen molar-refractivity contribution in [3.8, 4) is 17.1 Å². The zero-order valence-electron chi connectivity index (χ0n) is 15.8. The first-order valence-electron chi connectivity index (χ1n) is 9.03. The van der Waals surface area contributed by atoms with E-state index in [9.17, 15) is 4.79 Å². The van der Waals surface area contributed by atoms with Crippen molar-refractivity contribution in [2.45, 2.75) is 0 Å². The Labute approximate surface area is 165 Å². The normalized spacial score (nSPS) is 11.7. The van der Waals surface area contributed by atoms with Crippen LogP contribution in [0.3, 0.4) is 0 Å². The molecular weight excluding hydrogens is 376 g/mol. The summed E-state index contributed by atoms with van der Waals surface area (Å²) >= 11 is 1.52. The number of rotatable bonds is 8. The number of nitrogens with zero attached hydrogens (tertiary/aromatic N) is 2. The van der Waals surface area contributed by atoms with Gasteiger partial charge in [-0.15, -0.1) is 11.3 Å². The average molecular weight is 398 g/mol. The lowest BCUT2D eigenvalue weighted by Gasteiger charge is -2.16. The van der Waals surface area contributed by atoms with E-state index in [0.29, 0.717) is 24.6 Å². The van der Waals surface area contributed by atoms with Gasteiger partial charge in [0.25, 0.3) is 5.56 Å². The molecule has 1 aromatic carbocycles. The highest BCUT2D eigenvalue weighted by atomic mass is 32.1. The molecule has 0 aliphatic heterocycles. The number of likely N-dealkylation sites (N-methyl/N-ethyl adjacent to an activating group) is 1. The number of H-pyrrole nitrogens is 2. The van der Waals surface area contributed by atoms with Gasteiger partial charge in [0, 0.05) is 41.9 Å². The molecule has 0 fully saturated rings. The number of hydrogen-bond donors (Lipinski definition) is 2. The molecule has 4 aromatic rings. The minimum absolute atomic E-state index is 0.201. The molecule has 146 valence electrons. The zero-order valence-corrected chi connectivity index (χ0v) is 16.6. The van der Waals surface area contributed by atoms with Gasteiger partial charge in [-0.1, -0.05) is 0 Å². The van der Waals surface area contributed by atoms with E-state index in [1.807, 2.05) is 42.1 Å². The number of aromatic nitrogens is 3. The first-order valence-corrected chi connectivity index (χ1v) is 9.98. The molecule has 0 saturated carbocycles. The molecule has 0 saturated heterocycles. The van der Waals surface area contributed by atoms with E-state index in [1.165, 1.54) is 11.3 Å². The standard InChI is InChI=1S/C20H22N4O3S/c1-24(5-7-26-2)6-8-27-14-3-4-15-13(9-14)10-16(21-15)19-20(25)23-18-12-28-11-17(18)22-19/h3-4,9-12,21H,5-8H2,1-2H3,(H,23,25). The topological polar surface area (TPSA) is 83.2 Å². The molecule has 0 bridgehead atoms. The third-order valence-corrected chi connectivity index (χ3v) is 5.33. The van der Waals surface area contributed by atoms with E-state index in [4.69, 9.17) is 9.47 Å². The molecule has 3 aromatic heterocycles. The maximum absolute atomic E-state index is 12.4. The Kier molecular flexibility index (Phi) is 5.43. The highest BCUT2D eigenvalue weighted by molar-refractivity contribution is 7.09. The van der Waals surface area contributed by atoms with Crippen LogP contribution in [0, 0.1) is 0 Å². The minimum atomic E-state index is -0.201. The van der Waals surface area contributed by atoms with Crippen LogP contribution >= 0.6 is 11.3 Å². The number of aromatic amines is 2. The first-order chi connectivity index (χ1) is 13.6. The van der Waals surface area contributed by atoms with Crippen LogP contribution in [0.4, 0.5) is 0 Å². The van der Waals surface area contributed by atoms with E-state index in [0.717, 1.165) is 40.8 Å². The molecule has 0 aliphatic rings. The second kappa shape index (κ2) is 8.14. The van der Waals surface area contributed by atoms with Crippen molar-refractivity contribution in [1.82, 2.24) is 19.9 Å². The quantitative estimate of drug-likeness (QED) is 0.477. The molecule has 8 heteroatoms. The van der Waals surface area contributed by atoms with Crippen molar-refractivity contribution in [2.75, 3.05) is 40.5 Å². The van der Waals surface area contributed by atoms with Crippen molar-refractivity contribution < 1.29 is 9.47 Å². The first kappa shape index (κ1) is 18.7. The third-order valence-electron chi connectivity index (χ3n) is 4.60. The maximum atomic E-state index is 12.4. The van der Waals surface area contributed by atoms with Gasteiger partial charge in [0.1, 0.15) is 12.4 Å². The van der Waals surface area contributed by atoms with E-state index < -0.39 is 0 Å². The Morgan fingerprint density at radius 3 is 2.82 bits per heavy atom. The zero-order chi connectivity index (χ0) is 19.5. The molecule has 0 unspecified atom stereocenters. The van der Waals surface area contributed by atoms with Crippen LogP contribution in [0.25, 0.3) is 33.3 Å². The number of benzene rings is 1. The molecule has 7 nitrogen and oxygen atoms in total. The Morgan fingerprint density at radius 1 is 1.11 bits per heavy atom. The number of fused-ring (bicyclic) bond motifs is 2. The fourth-order valence-electron chi connectivity index (χ4n) is 3.01. The van der Waals surface area contributed by atoms with E-state index >= 15 is 0 Å². The summed E-state index contributed by atoms with van der Waals surface area (Å²) in [5, 5.41) is 4.79. The van der Waals surface area contributed by atoms with Crippen molar-refractivity contribution in [1.29, 1.82) is 0 Å². The number of thiophene rings is 1. The predicted molar refractivity (Wildman–Crippen MR) is 112 cm³/mol. The lowest BCUT2D eigenvalue weighted by molar-refractivity contribution is 0.150. The smallest absolute Gasteiger partial charge is 0.276 e. The Bertz CT molecular complexity index is 1150. The number of methoxy groups -OCH3 is 1. The Morgan fingerprint density at radius 2 is 1.96 bits per heavy atom. The molecule has 2 N–H and O–H groups in total. The van der Waals surface area contributed by atoms with Crippen LogP contribution < -0.4 is 10.3 Å². The molecule has 28 heavy (non-hydrogen) atoms. The summed E-state index contributed by atoms with van der Waals surface area (Å²) in [5.41, 5.74) is 3.38. The summed E-state index contributed by atoms with van der Waals surface area (Å²) in [5.74, 6) is 0.799. The Hall–Kier alpha value is -2.68. The van der Waals surface area contributed by atoms with Crippen LogP contribution in [0.2, 0.25) is 0 Å². The van der Waals surface area contributed by atoms with E-state index in [2.05, 4.69) is 19.9 Å². The third kappa shape index (κ3) is 3.94. The summed E-state index contributed by atoms with van der Waals surface area (Å²) in [6.45, 7) is 2.99. The molecule has 0 amide bonds. The highest BCUT2D eigenvalue weighted by Gasteiger charge is 2.11. The second-order valence-electron chi connectivity index (χ2n) is 6.66. The van der Waals surface area contributed by atoms with Crippen LogP contribution in [0.15, 0.2) is 39.8 Å². The summed E-state index contributed by atoms with van der Waals surface area (Å²) in [6.07, 6.45) is 0. The predicted octanol–water partition coefficient (Wildman–Crippen LogP) is 3.09. The minimum Gasteiger partial charge on any atom is -0.492 e. The second-order valence-corrected chi connectivity index (χ2v) is 7.41. The monoisotopic (exact) mass is 398 g/mol. The average Bonchev–Trinajstić information content (AvgIpc) is 3.31. The lowest BCUT2D eigenvalue weighted by atomic mass is 10.2. The summed E-state index contributed by atoms with van der Waals surface area (Å²) < 4.78 is 10.9. The van der Waals surface area contributed by atoms with Crippen LogP contribution in [-0.4, -0.2) is 60.3 Å². The van der Waals surface area contributed by atoms with Crippen molar-refractivity contribution in [3.05, 3.63) is 45.4 Å². The molecule has 0 spiro atoms.